The summed E-state index contributed by atoms with van der Waals surface area (Å²) in [6.07, 6.45) is -3.85. The molecule has 1 aromatic rings. The smallest absolute Gasteiger partial charge is 0.405 e. The summed E-state index contributed by atoms with van der Waals surface area (Å²) in [6, 6.07) is 4.62. The van der Waals surface area contributed by atoms with E-state index in [0.29, 0.717) is 19.4 Å². The van der Waals surface area contributed by atoms with E-state index < -0.39 is 30.0 Å². The van der Waals surface area contributed by atoms with Gasteiger partial charge in [0.15, 0.2) is 0 Å². The number of piperidine rings is 1. The van der Waals surface area contributed by atoms with E-state index in [1.54, 1.807) is 6.07 Å². The molecule has 1 aromatic carbocycles. The first kappa shape index (κ1) is 26.0. The molecule has 1 aliphatic rings. The third-order valence-electron chi connectivity index (χ3n) is 5.27. The topological polar surface area (TPSA) is 112 Å². The molecular weight excluding hydrogens is 441 g/mol. The minimum atomic E-state index is -4.95. The zero-order valence-corrected chi connectivity index (χ0v) is 18.7. The molecule has 1 aliphatic heterocycles. The van der Waals surface area contributed by atoms with Crippen molar-refractivity contribution in [3.63, 3.8) is 0 Å². The van der Waals surface area contributed by atoms with Gasteiger partial charge in [-0.05, 0) is 30.9 Å². The quantitative estimate of drug-likeness (QED) is 0.639. The van der Waals surface area contributed by atoms with Crippen LogP contribution in [-0.4, -0.2) is 48.1 Å². The van der Waals surface area contributed by atoms with Gasteiger partial charge in [-0.3, -0.25) is 14.4 Å². The molecule has 0 spiro atoms. The predicted octanol–water partition coefficient (Wildman–Crippen LogP) is 2.47. The lowest BCUT2D eigenvalue weighted by Crippen LogP contribution is -2.54. The Morgan fingerprint density at radius 3 is 2.58 bits per heavy atom. The number of nitrogens with one attached hydrogen (secondary N) is 2. The van der Waals surface area contributed by atoms with Gasteiger partial charge in [0.2, 0.25) is 17.7 Å². The van der Waals surface area contributed by atoms with E-state index in [0.717, 1.165) is 6.07 Å². The minimum Gasteiger partial charge on any atom is -0.405 e. The molecule has 33 heavy (non-hydrogen) atoms. The molecule has 2 N–H and O–H groups in total. The second kappa shape index (κ2) is 11.0. The molecule has 8 nitrogen and oxygen atoms in total. The van der Waals surface area contributed by atoms with E-state index >= 15 is 0 Å². The summed E-state index contributed by atoms with van der Waals surface area (Å²) in [6.45, 7) is 5.31. The lowest BCUT2D eigenvalue weighted by atomic mass is 9.94. The van der Waals surface area contributed by atoms with E-state index in [4.69, 9.17) is 5.26 Å². The van der Waals surface area contributed by atoms with Crippen molar-refractivity contribution in [2.24, 2.45) is 11.8 Å². The van der Waals surface area contributed by atoms with Crippen LogP contribution in [0.1, 0.15) is 44.7 Å². The summed E-state index contributed by atoms with van der Waals surface area (Å²) in [4.78, 5) is 38.6. The molecule has 2 unspecified atom stereocenters. The number of nitriles is 1. The van der Waals surface area contributed by atoms with Crippen LogP contribution < -0.4 is 15.4 Å². The molecule has 0 bridgehead atoms. The van der Waals surface area contributed by atoms with Crippen molar-refractivity contribution in [2.75, 3.05) is 13.1 Å². The highest BCUT2D eigenvalue weighted by Crippen LogP contribution is 2.28. The van der Waals surface area contributed by atoms with Crippen LogP contribution in [0, 0.1) is 23.2 Å². The standard InChI is InChI=1S/C22H27F3N4O4/c1-13(2)19(28-14(3)30)21(32)29-8-4-5-17(12-29)20(31)27-11-16-7-6-15(10-26)9-18(16)33-22(23,24)25/h6-7,9,13,17,19H,4-5,8,11-12H2,1-3H3,(H,27,31)(H,28,30). The summed E-state index contributed by atoms with van der Waals surface area (Å²) in [5, 5.41) is 14.2. The molecule has 11 heteroatoms. The fourth-order valence-corrected chi connectivity index (χ4v) is 3.64. The number of likely N-dealkylation sites (tertiary alicyclic amines) is 1. The third-order valence-corrected chi connectivity index (χ3v) is 5.27. The first-order chi connectivity index (χ1) is 15.4. The zero-order chi connectivity index (χ0) is 24.8. The van der Waals surface area contributed by atoms with Gasteiger partial charge in [-0.2, -0.15) is 5.26 Å². The molecule has 2 atom stereocenters. The number of amides is 3. The van der Waals surface area contributed by atoms with Crippen LogP contribution in [0.15, 0.2) is 18.2 Å². The van der Waals surface area contributed by atoms with Crippen LogP contribution in [0.4, 0.5) is 13.2 Å². The van der Waals surface area contributed by atoms with E-state index in [-0.39, 0.29) is 41.9 Å². The highest BCUT2D eigenvalue weighted by molar-refractivity contribution is 5.88. The summed E-state index contributed by atoms with van der Waals surface area (Å²) in [7, 11) is 0. The average molecular weight is 468 g/mol. The molecule has 180 valence electrons. The molecule has 1 heterocycles. The number of hydrogen-bond donors (Lipinski definition) is 2. The second-order valence-corrected chi connectivity index (χ2v) is 8.25. The first-order valence-electron chi connectivity index (χ1n) is 10.5. The number of alkyl halides is 3. The fourth-order valence-electron chi connectivity index (χ4n) is 3.64. The van der Waals surface area contributed by atoms with Gasteiger partial charge in [-0.25, -0.2) is 0 Å². The van der Waals surface area contributed by atoms with Gasteiger partial charge in [0, 0.05) is 32.1 Å². The molecule has 0 aromatic heterocycles. The van der Waals surface area contributed by atoms with Gasteiger partial charge in [0.25, 0.3) is 0 Å². The van der Waals surface area contributed by atoms with Gasteiger partial charge in [0.05, 0.1) is 17.6 Å². The Balaban J connectivity index is 2.05. The largest absolute Gasteiger partial charge is 0.573 e. The SMILES string of the molecule is CC(=O)NC(C(=O)N1CCCC(C(=O)NCc2ccc(C#N)cc2OC(F)(F)F)C1)C(C)C. The van der Waals surface area contributed by atoms with Crippen molar-refractivity contribution >= 4 is 17.7 Å². The van der Waals surface area contributed by atoms with Crippen molar-refractivity contribution in [1.29, 1.82) is 5.26 Å². The minimum absolute atomic E-state index is 0.00959. The number of halogens is 3. The van der Waals surface area contributed by atoms with E-state index in [1.807, 2.05) is 13.8 Å². The fraction of sp³-hybridized carbons (Fsp3) is 0.545. The highest BCUT2D eigenvalue weighted by atomic mass is 19.4. The van der Waals surface area contributed by atoms with Crippen molar-refractivity contribution in [3.05, 3.63) is 29.3 Å². The predicted molar refractivity (Wildman–Crippen MR) is 111 cm³/mol. The van der Waals surface area contributed by atoms with Gasteiger partial charge in [-0.1, -0.05) is 19.9 Å². The highest BCUT2D eigenvalue weighted by Gasteiger charge is 2.34. The van der Waals surface area contributed by atoms with Crippen molar-refractivity contribution in [3.8, 4) is 11.8 Å². The molecule has 0 radical (unpaired) electrons. The van der Waals surface area contributed by atoms with Crippen LogP contribution in [0.2, 0.25) is 0 Å². The van der Waals surface area contributed by atoms with Crippen molar-refractivity contribution < 1.29 is 32.3 Å². The lowest BCUT2D eigenvalue weighted by Gasteiger charge is -2.35. The number of carbonyl (C=O) groups is 3. The molecule has 0 aliphatic carbocycles. The van der Waals surface area contributed by atoms with Gasteiger partial charge < -0.3 is 20.3 Å². The lowest BCUT2D eigenvalue weighted by molar-refractivity contribution is -0.274. The van der Waals surface area contributed by atoms with Gasteiger partial charge in [-0.15, -0.1) is 13.2 Å². The Kier molecular flexibility index (Phi) is 8.68. The Hall–Kier alpha value is -3.29. The number of rotatable bonds is 7. The summed E-state index contributed by atoms with van der Waals surface area (Å²) in [5.74, 6) is -2.25. The van der Waals surface area contributed by atoms with Crippen LogP contribution in [0.3, 0.4) is 0 Å². The Labute approximate surface area is 190 Å². The first-order valence-corrected chi connectivity index (χ1v) is 10.5. The summed E-state index contributed by atoms with van der Waals surface area (Å²) < 4.78 is 42.1. The van der Waals surface area contributed by atoms with Gasteiger partial charge in [0.1, 0.15) is 11.8 Å². The van der Waals surface area contributed by atoms with E-state index in [2.05, 4.69) is 15.4 Å². The van der Waals surface area contributed by atoms with Crippen molar-refractivity contribution in [1.82, 2.24) is 15.5 Å². The second-order valence-electron chi connectivity index (χ2n) is 8.25. The van der Waals surface area contributed by atoms with Crippen LogP contribution >= 0.6 is 0 Å². The summed E-state index contributed by atoms with van der Waals surface area (Å²) >= 11 is 0. The van der Waals surface area contributed by atoms with E-state index in [9.17, 15) is 27.6 Å². The maximum Gasteiger partial charge on any atom is 0.573 e. The number of nitrogens with zero attached hydrogens (tertiary/aromatic N) is 2. The van der Waals surface area contributed by atoms with Crippen molar-refractivity contribution in [2.45, 2.75) is 52.6 Å². The number of hydrogen-bond acceptors (Lipinski definition) is 5. The number of ether oxygens (including phenoxy) is 1. The maximum atomic E-state index is 12.9. The monoisotopic (exact) mass is 468 g/mol. The third kappa shape index (κ3) is 7.66. The Morgan fingerprint density at radius 1 is 1.30 bits per heavy atom. The normalized spacial score (nSPS) is 17.2. The Morgan fingerprint density at radius 2 is 2.00 bits per heavy atom. The molecule has 3 amide bonds. The number of benzene rings is 1. The van der Waals surface area contributed by atoms with Crippen LogP contribution in [0.5, 0.6) is 5.75 Å². The summed E-state index contributed by atoms with van der Waals surface area (Å²) in [5.41, 5.74) is 0.0542. The van der Waals surface area contributed by atoms with E-state index in [1.165, 1.54) is 24.0 Å². The van der Waals surface area contributed by atoms with Crippen LogP contribution in [0.25, 0.3) is 0 Å². The van der Waals surface area contributed by atoms with Gasteiger partial charge >= 0.3 is 6.36 Å². The molecule has 2 rings (SSSR count). The number of carbonyl (C=O) groups excluding carboxylic acids is 3. The van der Waals surface area contributed by atoms with Crippen LogP contribution in [-0.2, 0) is 20.9 Å². The maximum absolute atomic E-state index is 12.9. The molecule has 1 fully saturated rings. The average Bonchev–Trinajstić information content (AvgIpc) is 2.74. The molecular formula is C22H27F3N4O4. The Bertz CT molecular complexity index is 927. The zero-order valence-electron chi connectivity index (χ0n) is 18.7. The molecule has 1 saturated heterocycles. The molecule has 0 saturated carbocycles.